The lowest BCUT2D eigenvalue weighted by molar-refractivity contribution is -0.138. The predicted molar refractivity (Wildman–Crippen MR) is 97.4 cm³/mol. The maximum absolute atomic E-state index is 13.8. The van der Waals surface area contributed by atoms with Gasteiger partial charge >= 0.3 is 0 Å². The molecule has 1 aromatic rings. The Kier molecular flexibility index (Phi) is 7.28. The van der Waals surface area contributed by atoms with Gasteiger partial charge in [-0.05, 0) is 39.2 Å². The van der Waals surface area contributed by atoms with Gasteiger partial charge in [-0.3, -0.25) is 9.59 Å². The fourth-order valence-electron chi connectivity index (χ4n) is 3.96. The van der Waals surface area contributed by atoms with Gasteiger partial charge in [0.05, 0.1) is 5.56 Å². The zero-order valence-corrected chi connectivity index (χ0v) is 16.0. The Labute approximate surface area is 162 Å². The number of likely N-dealkylation sites (tertiary alicyclic amines) is 1. The largest absolute Gasteiger partial charge is 0.342 e. The van der Waals surface area contributed by atoms with Crippen LogP contribution in [-0.4, -0.2) is 42.3 Å². The molecule has 0 saturated carbocycles. The molecule has 0 radical (unpaired) electrons. The Morgan fingerprint density at radius 2 is 1.63 bits per heavy atom. The molecule has 0 bridgehead atoms. The van der Waals surface area contributed by atoms with Crippen molar-refractivity contribution in [2.75, 3.05) is 19.6 Å². The van der Waals surface area contributed by atoms with E-state index >= 15 is 0 Å². The molecule has 0 unspecified atom stereocenters. The number of carbonyl (C=O) groups excluding carboxylic acids is 2. The summed E-state index contributed by atoms with van der Waals surface area (Å²) in [4.78, 5) is 26.9. The van der Waals surface area contributed by atoms with Gasteiger partial charge in [0.15, 0.2) is 5.78 Å². The van der Waals surface area contributed by atoms with Crippen molar-refractivity contribution >= 4 is 24.1 Å². The highest BCUT2D eigenvalue weighted by molar-refractivity contribution is 5.98. The molecule has 27 heavy (non-hydrogen) atoms. The van der Waals surface area contributed by atoms with Crippen molar-refractivity contribution in [2.45, 2.75) is 38.6 Å². The standard InChI is InChI=1S/C19H23F3N2O2.ClH/c1-11-8-13(2-5-23-11)19(26)24-6-3-12(4-7-24)18(25)17-15(21)9-14(20)10-16(17)22;/h9-13,23H,2-8H2,1H3;1H/t11-,13-;/m0./s1. The molecule has 8 heteroatoms. The molecule has 1 N–H and O–H groups in total. The molecule has 1 amide bonds. The molecular weight excluding hydrogens is 381 g/mol. The highest BCUT2D eigenvalue weighted by atomic mass is 35.5. The van der Waals surface area contributed by atoms with E-state index in [9.17, 15) is 22.8 Å². The van der Waals surface area contributed by atoms with Crippen LogP contribution in [0.5, 0.6) is 0 Å². The summed E-state index contributed by atoms with van der Waals surface area (Å²) in [5, 5.41) is 3.31. The lowest BCUT2D eigenvalue weighted by atomic mass is 9.86. The van der Waals surface area contributed by atoms with E-state index in [1.807, 2.05) is 0 Å². The minimum Gasteiger partial charge on any atom is -0.342 e. The van der Waals surface area contributed by atoms with Crippen LogP contribution in [0.4, 0.5) is 13.2 Å². The fraction of sp³-hybridized carbons (Fsp3) is 0.579. The second-order valence-corrected chi connectivity index (χ2v) is 7.28. The summed E-state index contributed by atoms with van der Waals surface area (Å²) >= 11 is 0. The molecular formula is C19H24ClF3N2O2. The van der Waals surface area contributed by atoms with Gasteiger partial charge in [0, 0.05) is 43.1 Å². The SMILES string of the molecule is C[C@H]1C[C@@H](C(=O)N2CCC(C(=O)c3c(F)cc(F)cc3F)CC2)CCN1.Cl. The van der Waals surface area contributed by atoms with Crippen molar-refractivity contribution in [1.29, 1.82) is 0 Å². The highest BCUT2D eigenvalue weighted by Crippen LogP contribution is 2.27. The van der Waals surface area contributed by atoms with Gasteiger partial charge in [0.25, 0.3) is 0 Å². The van der Waals surface area contributed by atoms with Gasteiger partial charge < -0.3 is 10.2 Å². The smallest absolute Gasteiger partial charge is 0.225 e. The third-order valence-corrected chi connectivity index (χ3v) is 5.40. The Bertz CT molecular complexity index is 685. The summed E-state index contributed by atoms with van der Waals surface area (Å²) in [5.41, 5.74) is -0.677. The number of piperidine rings is 2. The summed E-state index contributed by atoms with van der Waals surface area (Å²) < 4.78 is 40.7. The number of nitrogens with one attached hydrogen (secondary N) is 1. The number of carbonyl (C=O) groups is 2. The zero-order valence-electron chi connectivity index (χ0n) is 15.1. The first-order chi connectivity index (χ1) is 12.4. The minimum atomic E-state index is -1.17. The van der Waals surface area contributed by atoms with Gasteiger partial charge in [-0.15, -0.1) is 12.4 Å². The molecule has 2 fully saturated rings. The maximum Gasteiger partial charge on any atom is 0.225 e. The second-order valence-electron chi connectivity index (χ2n) is 7.28. The summed E-state index contributed by atoms with van der Waals surface area (Å²) in [5.74, 6) is -4.51. The van der Waals surface area contributed by atoms with Crippen LogP contribution in [0, 0.1) is 29.3 Å². The Morgan fingerprint density at radius 1 is 1.04 bits per heavy atom. The van der Waals surface area contributed by atoms with Gasteiger partial charge in [-0.25, -0.2) is 13.2 Å². The van der Waals surface area contributed by atoms with Crippen LogP contribution in [0.25, 0.3) is 0 Å². The molecule has 2 atom stereocenters. The van der Waals surface area contributed by atoms with Crippen molar-refractivity contribution in [3.8, 4) is 0 Å². The molecule has 150 valence electrons. The highest BCUT2D eigenvalue weighted by Gasteiger charge is 2.34. The Balaban J connectivity index is 0.00000261. The van der Waals surface area contributed by atoms with Gasteiger partial charge in [0.2, 0.25) is 5.91 Å². The molecule has 1 aromatic carbocycles. The Morgan fingerprint density at radius 3 is 2.19 bits per heavy atom. The molecule has 2 heterocycles. The van der Waals surface area contributed by atoms with E-state index in [-0.39, 0.29) is 24.2 Å². The van der Waals surface area contributed by atoms with E-state index in [0.717, 1.165) is 19.4 Å². The number of hydrogen-bond acceptors (Lipinski definition) is 3. The number of halogens is 4. The average molecular weight is 405 g/mol. The van der Waals surface area contributed by atoms with Crippen LogP contribution in [-0.2, 0) is 4.79 Å². The van der Waals surface area contributed by atoms with E-state index in [1.54, 1.807) is 4.90 Å². The molecule has 3 rings (SSSR count). The summed E-state index contributed by atoms with van der Waals surface area (Å²) in [6, 6.07) is 1.35. The van der Waals surface area contributed by atoms with Crippen molar-refractivity contribution < 1.29 is 22.8 Å². The molecule has 2 aliphatic rings. The lowest BCUT2D eigenvalue weighted by Gasteiger charge is -2.36. The lowest BCUT2D eigenvalue weighted by Crippen LogP contribution is -2.47. The van der Waals surface area contributed by atoms with Gasteiger partial charge in [-0.1, -0.05) is 0 Å². The second kappa shape index (κ2) is 9.06. The molecule has 0 aromatic heterocycles. The number of amides is 1. The van der Waals surface area contributed by atoms with Crippen molar-refractivity contribution in [1.82, 2.24) is 10.2 Å². The maximum atomic E-state index is 13.8. The number of rotatable bonds is 3. The van der Waals surface area contributed by atoms with Crippen LogP contribution in [0.2, 0.25) is 0 Å². The quantitative estimate of drug-likeness (QED) is 0.786. The van der Waals surface area contributed by atoms with Crippen molar-refractivity contribution in [2.24, 2.45) is 11.8 Å². The molecule has 2 saturated heterocycles. The summed E-state index contributed by atoms with van der Waals surface area (Å²) in [7, 11) is 0. The molecule has 0 aliphatic carbocycles. The van der Waals surface area contributed by atoms with Gasteiger partial charge in [0.1, 0.15) is 17.5 Å². The van der Waals surface area contributed by atoms with Crippen molar-refractivity contribution in [3.05, 3.63) is 35.1 Å². The van der Waals surface area contributed by atoms with E-state index in [0.29, 0.717) is 44.1 Å². The first kappa shape index (κ1) is 21.7. The van der Waals surface area contributed by atoms with Crippen LogP contribution in [0.15, 0.2) is 12.1 Å². The summed E-state index contributed by atoms with van der Waals surface area (Å²) in [6.07, 6.45) is 2.32. The van der Waals surface area contributed by atoms with E-state index in [2.05, 4.69) is 12.2 Å². The first-order valence-electron chi connectivity index (χ1n) is 9.07. The van der Waals surface area contributed by atoms with Crippen LogP contribution in [0.1, 0.15) is 43.0 Å². The number of benzene rings is 1. The normalized spacial score (nSPS) is 23.6. The third-order valence-electron chi connectivity index (χ3n) is 5.40. The first-order valence-corrected chi connectivity index (χ1v) is 9.07. The summed E-state index contributed by atoms with van der Waals surface area (Å²) in [6.45, 7) is 3.67. The van der Waals surface area contributed by atoms with Crippen molar-refractivity contribution in [3.63, 3.8) is 0 Å². The topological polar surface area (TPSA) is 49.4 Å². The number of ketones is 1. The average Bonchev–Trinajstić information content (AvgIpc) is 2.60. The Hall–Kier alpha value is -1.60. The number of hydrogen-bond donors (Lipinski definition) is 1. The van der Waals surface area contributed by atoms with Crippen LogP contribution in [0.3, 0.4) is 0 Å². The number of nitrogens with zero attached hydrogens (tertiary/aromatic N) is 1. The third kappa shape index (κ3) is 4.82. The molecule has 2 aliphatic heterocycles. The number of Topliss-reactive ketones (excluding diaryl/α,β-unsaturated/α-hetero) is 1. The predicted octanol–water partition coefficient (Wildman–Crippen LogP) is 3.34. The van der Waals surface area contributed by atoms with Crippen LogP contribution < -0.4 is 5.32 Å². The van der Waals surface area contributed by atoms with E-state index in [1.165, 1.54) is 0 Å². The minimum absolute atomic E-state index is 0. The van der Waals surface area contributed by atoms with E-state index < -0.39 is 34.7 Å². The fourth-order valence-corrected chi connectivity index (χ4v) is 3.96. The monoisotopic (exact) mass is 404 g/mol. The molecule has 4 nitrogen and oxygen atoms in total. The van der Waals surface area contributed by atoms with Gasteiger partial charge in [-0.2, -0.15) is 0 Å². The zero-order chi connectivity index (χ0) is 18.8. The molecule has 0 spiro atoms. The van der Waals surface area contributed by atoms with E-state index in [4.69, 9.17) is 0 Å². The van der Waals surface area contributed by atoms with Crippen LogP contribution >= 0.6 is 12.4 Å².